The number of rotatable bonds is 2. The van der Waals surface area contributed by atoms with Gasteiger partial charge in [0.2, 0.25) is 5.91 Å². The lowest BCUT2D eigenvalue weighted by Gasteiger charge is -2.40. The van der Waals surface area contributed by atoms with Crippen molar-refractivity contribution in [2.75, 3.05) is 13.1 Å². The number of carbonyl (C=O) groups is 2. The van der Waals surface area contributed by atoms with Crippen molar-refractivity contribution in [1.29, 1.82) is 0 Å². The molecule has 0 spiro atoms. The summed E-state index contributed by atoms with van der Waals surface area (Å²) in [7, 11) is 0. The number of aliphatic carboxylic acids is 1. The number of hydrogen-bond donors (Lipinski definition) is 1. The van der Waals surface area contributed by atoms with Gasteiger partial charge in [-0.1, -0.05) is 6.42 Å². The molecule has 22 heavy (non-hydrogen) atoms. The van der Waals surface area contributed by atoms with Gasteiger partial charge in [-0.2, -0.15) is 13.2 Å². The van der Waals surface area contributed by atoms with Crippen molar-refractivity contribution < 1.29 is 27.9 Å². The molecule has 1 amide bonds. The molecule has 4 nitrogen and oxygen atoms in total. The Bertz CT molecular complexity index is 452. The quantitative estimate of drug-likeness (QED) is 0.850. The molecule has 0 bridgehead atoms. The zero-order chi connectivity index (χ0) is 16.5. The monoisotopic (exact) mass is 321 g/mol. The SMILES string of the molecule is CC1(C(=O)O)CCCN(C(=O)C2CCCC(C(F)(F)F)C2)C1. The molecule has 7 heteroatoms. The summed E-state index contributed by atoms with van der Waals surface area (Å²) in [4.78, 5) is 25.3. The Labute approximate surface area is 127 Å². The van der Waals surface area contributed by atoms with E-state index in [4.69, 9.17) is 0 Å². The van der Waals surface area contributed by atoms with E-state index in [0.29, 0.717) is 32.2 Å². The molecule has 2 aliphatic rings. The van der Waals surface area contributed by atoms with E-state index in [-0.39, 0.29) is 25.3 Å². The zero-order valence-electron chi connectivity index (χ0n) is 12.7. The maximum Gasteiger partial charge on any atom is 0.391 e. The molecule has 1 saturated carbocycles. The lowest BCUT2D eigenvalue weighted by Crippen LogP contribution is -2.50. The highest BCUT2D eigenvalue weighted by atomic mass is 19.4. The molecule has 3 atom stereocenters. The first-order chi connectivity index (χ1) is 10.1. The minimum atomic E-state index is -4.25. The molecular formula is C15H22F3NO3. The fourth-order valence-corrected chi connectivity index (χ4v) is 3.57. The zero-order valence-corrected chi connectivity index (χ0v) is 12.7. The van der Waals surface area contributed by atoms with E-state index < -0.39 is 29.4 Å². The van der Waals surface area contributed by atoms with Crippen molar-refractivity contribution in [3.8, 4) is 0 Å². The van der Waals surface area contributed by atoms with E-state index in [1.807, 2.05) is 0 Å². The van der Waals surface area contributed by atoms with Crippen LogP contribution >= 0.6 is 0 Å². The van der Waals surface area contributed by atoms with Crippen LogP contribution in [0.4, 0.5) is 13.2 Å². The Morgan fingerprint density at radius 2 is 1.91 bits per heavy atom. The predicted octanol–water partition coefficient (Wildman–Crippen LogP) is 3.07. The van der Waals surface area contributed by atoms with Crippen LogP contribution in [0.3, 0.4) is 0 Å². The van der Waals surface area contributed by atoms with Crippen LogP contribution in [0.15, 0.2) is 0 Å². The maximum absolute atomic E-state index is 12.8. The second kappa shape index (κ2) is 6.08. The van der Waals surface area contributed by atoms with Crippen LogP contribution < -0.4 is 0 Å². The molecule has 1 aliphatic heterocycles. The highest BCUT2D eigenvalue weighted by Crippen LogP contribution is 2.41. The number of hydrogen-bond acceptors (Lipinski definition) is 2. The van der Waals surface area contributed by atoms with E-state index >= 15 is 0 Å². The van der Waals surface area contributed by atoms with Crippen LogP contribution in [0, 0.1) is 17.3 Å². The van der Waals surface area contributed by atoms with Crippen molar-refractivity contribution in [3.63, 3.8) is 0 Å². The van der Waals surface area contributed by atoms with Crippen LogP contribution in [0.5, 0.6) is 0 Å². The van der Waals surface area contributed by atoms with E-state index in [1.165, 1.54) is 4.90 Å². The van der Waals surface area contributed by atoms with Crippen LogP contribution in [0.1, 0.15) is 45.4 Å². The van der Waals surface area contributed by atoms with Crippen LogP contribution in [-0.4, -0.2) is 41.1 Å². The summed E-state index contributed by atoms with van der Waals surface area (Å²) < 4.78 is 38.5. The van der Waals surface area contributed by atoms with Crippen LogP contribution in [0.2, 0.25) is 0 Å². The average molecular weight is 321 g/mol. The predicted molar refractivity (Wildman–Crippen MR) is 73.1 cm³/mol. The number of carbonyl (C=O) groups excluding carboxylic acids is 1. The first-order valence-corrected chi connectivity index (χ1v) is 7.72. The number of likely N-dealkylation sites (tertiary alicyclic amines) is 1. The number of alkyl halides is 3. The summed E-state index contributed by atoms with van der Waals surface area (Å²) in [6, 6.07) is 0. The highest BCUT2D eigenvalue weighted by molar-refractivity contribution is 5.81. The number of carboxylic acids is 1. The summed E-state index contributed by atoms with van der Waals surface area (Å²) in [5.74, 6) is -3.30. The fraction of sp³-hybridized carbons (Fsp3) is 0.867. The summed E-state index contributed by atoms with van der Waals surface area (Å²) in [5.41, 5.74) is -0.994. The molecule has 0 aromatic rings. The van der Waals surface area contributed by atoms with Crippen molar-refractivity contribution in [3.05, 3.63) is 0 Å². The van der Waals surface area contributed by atoms with E-state index in [9.17, 15) is 27.9 Å². The normalized spacial score (nSPS) is 33.5. The van der Waals surface area contributed by atoms with Crippen LogP contribution in [-0.2, 0) is 9.59 Å². The molecule has 3 unspecified atom stereocenters. The second-order valence-corrected chi connectivity index (χ2v) is 6.83. The van der Waals surface area contributed by atoms with Gasteiger partial charge in [0, 0.05) is 19.0 Å². The van der Waals surface area contributed by atoms with E-state index in [1.54, 1.807) is 6.92 Å². The Balaban J connectivity index is 2.03. The Kier molecular flexibility index (Phi) is 4.73. The van der Waals surface area contributed by atoms with Gasteiger partial charge >= 0.3 is 12.1 Å². The molecule has 2 rings (SSSR count). The average Bonchev–Trinajstić information content (AvgIpc) is 2.45. The fourth-order valence-electron chi connectivity index (χ4n) is 3.57. The van der Waals surface area contributed by atoms with Crippen LogP contribution in [0.25, 0.3) is 0 Å². The van der Waals surface area contributed by atoms with Gasteiger partial charge in [0.15, 0.2) is 0 Å². The maximum atomic E-state index is 12.8. The highest BCUT2D eigenvalue weighted by Gasteiger charge is 2.46. The third-order valence-electron chi connectivity index (χ3n) is 5.01. The van der Waals surface area contributed by atoms with Crippen molar-refractivity contribution in [2.24, 2.45) is 17.3 Å². The number of amides is 1. The van der Waals surface area contributed by atoms with Gasteiger partial charge in [-0.25, -0.2) is 0 Å². The van der Waals surface area contributed by atoms with Gasteiger partial charge in [-0.05, 0) is 39.0 Å². The molecule has 0 aromatic heterocycles. The summed E-state index contributed by atoms with van der Waals surface area (Å²) in [5, 5.41) is 9.27. The standard InChI is InChI=1S/C15H22F3NO3/c1-14(13(21)22)6-3-7-19(9-14)12(20)10-4-2-5-11(8-10)15(16,17)18/h10-11H,2-9H2,1H3,(H,21,22). The topological polar surface area (TPSA) is 57.6 Å². The first-order valence-electron chi connectivity index (χ1n) is 7.72. The molecule has 1 N–H and O–H groups in total. The molecule has 126 valence electrons. The lowest BCUT2D eigenvalue weighted by atomic mass is 9.78. The summed E-state index contributed by atoms with van der Waals surface area (Å²) in [6.45, 7) is 2.12. The lowest BCUT2D eigenvalue weighted by molar-refractivity contribution is -0.187. The van der Waals surface area contributed by atoms with Gasteiger partial charge < -0.3 is 10.0 Å². The van der Waals surface area contributed by atoms with Gasteiger partial charge in [-0.15, -0.1) is 0 Å². The Morgan fingerprint density at radius 3 is 2.50 bits per heavy atom. The number of halogens is 3. The number of nitrogens with zero attached hydrogens (tertiary/aromatic N) is 1. The Hall–Kier alpha value is -1.27. The van der Waals surface area contributed by atoms with Gasteiger partial charge in [0.05, 0.1) is 11.3 Å². The molecule has 1 heterocycles. The van der Waals surface area contributed by atoms with Gasteiger partial charge in [-0.3, -0.25) is 9.59 Å². The van der Waals surface area contributed by atoms with Gasteiger partial charge in [0.1, 0.15) is 0 Å². The smallest absolute Gasteiger partial charge is 0.391 e. The third-order valence-corrected chi connectivity index (χ3v) is 5.01. The van der Waals surface area contributed by atoms with Crippen molar-refractivity contribution >= 4 is 11.9 Å². The van der Waals surface area contributed by atoms with Crippen molar-refractivity contribution in [2.45, 2.75) is 51.6 Å². The molecular weight excluding hydrogens is 299 g/mol. The third kappa shape index (κ3) is 3.55. The summed E-state index contributed by atoms with van der Waals surface area (Å²) >= 11 is 0. The first kappa shape index (κ1) is 17.1. The number of carboxylic acid groups (broad SMARTS) is 1. The molecule has 0 aromatic carbocycles. The van der Waals surface area contributed by atoms with Gasteiger partial charge in [0.25, 0.3) is 0 Å². The molecule has 2 fully saturated rings. The minimum Gasteiger partial charge on any atom is -0.481 e. The molecule has 1 aliphatic carbocycles. The number of piperidine rings is 1. The molecule has 0 radical (unpaired) electrons. The summed E-state index contributed by atoms with van der Waals surface area (Å²) in [6.07, 6.45) is -2.42. The van der Waals surface area contributed by atoms with E-state index in [2.05, 4.69) is 0 Å². The van der Waals surface area contributed by atoms with E-state index in [0.717, 1.165) is 0 Å². The van der Waals surface area contributed by atoms with Crippen molar-refractivity contribution in [1.82, 2.24) is 4.90 Å². The minimum absolute atomic E-state index is 0.0835. The second-order valence-electron chi connectivity index (χ2n) is 6.83. The molecule has 1 saturated heterocycles. The largest absolute Gasteiger partial charge is 0.481 e. The Morgan fingerprint density at radius 1 is 1.23 bits per heavy atom.